The van der Waals surface area contributed by atoms with Crippen molar-refractivity contribution in [1.82, 2.24) is 20.4 Å². The Morgan fingerprint density at radius 3 is 2.47 bits per heavy atom. The highest BCUT2D eigenvalue weighted by Gasteiger charge is 2.40. The van der Waals surface area contributed by atoms with Gasteiger partial charge >= 0.3 is 6.03 Å². The summed E-state index contributed by atoms with van der Waals surface area (Å²) in [6, 6.07) is 8.37. The second-order valence-electron chi connectivity index (χ2n) is 10.9. The number of amides is 3. The van der Waals surface area contributed by atoms with Gasteiger partial charge < -0.3 is 29.9 Å². The fourth-order valence-corrected chi connectivity index (χ4v) is 5.38. The summed E-state index contributed by atoms with van der Waals surface area (Å²) >= 11 is 0. The molecular formula is C27H40N4O5. The second kappa shape index (κ2) is 12.2. The van der Waals surface area contributed by atoms with Gasteiger partial charge in [0.2, 0.25) is 5.91 Å². The first-order chi connectivity index (χ1) is 17.3. The Kier molecular flexibility index (Phi) is 8.98. The average Bonchev–Trinajstić information content (AvgIpc) is 3.50. The van der Waals surface area contributed by atoms with Gasteiger partial charge in [-0.2, -0.15) is 0 Å². The van der Waals surface area contributed by atoms with E-state index in [1.807, 2.05) is 18.2 Å². The molecule has 3 aliphatic heterocycles. The minimum Gasteiger partial charge on any atom is -0.378 e. The third-order valence-electron chi connectivity index (χ3n) is 7.29. The Balaban J connectivity index is 1.45. The fourth-order valence-electron chi connectivity index (χ4n) is 5.38. The molecule has 4 rings (SSSR count). The van der Waals surface area contributed by atoms with E-state index in [-0.39, 0.29) is 35.8 Å². The summed E-state index contributed by atoms with van der Waals surface area (Å²) in [5.74, 6) is -0.456. The van der Waals surface area contributed by atoms with E-state index in [0.29, 0.717) is 39.3 Å². The van der Waals surface area contributed by atoms with E-state index < -0.39 is 12.1 Å². The third-order valence-corrected chi connectivity index (χ3v) is 7.29. The number of benzene rings is 1. The minimum atomic E-state index is -0.778. The highest BCUT2D eigenvalue weighted by atomic mass is 16.5. The fraction of sp³-hybridized carbons (Fsp3) is 0.667. The summed E-state index contributed by atoms with van der Waals surface area (Å²) in [4.78, 5) is 43.2. The average molecular weight is 501 g/mol. The molecule has 3 aliphatic rings. The zero-order chi connectivity index (χ0) is 25.5. The molecule has 2 N–H and O–H groups in total. The van der Waals surface area contributed by atoms with E-state index in [0.717, 1.165) is 32.4 Å². The molecule has 36 heavy (non-hydrogen) atoms. The van der Waals surface area contributed by atoms with Gasteiger partial charge in [0, 0.05) is 19.6 Å². The molecule has 0 aliphatic carbocycles. The van der Waals surface area contributed by atoms with Crippen molar-refractivity contribution >= 4 is 17.7 Å². The van der Waals surface area contributed by atoms with Crippen LogP contribution in [0, 0.1) is 5.41 Å². The first-order valence-corrected chi connectivity index (χ1v) is 13.1. The van der Waals surface area contributed by atoms with E-state index in [4.69, 9.17) is 9.47 Å². The maximum absolute atomic E-state index is 13.6. The number of nitrogens with one attached hydrogen (secondary N) is 2. The smallest absolute Gasteiger partial charge is 0.318 e. The third kappa shape index (κ3) is 7.27. The number of Topliss-reactive ketones (excluding diaryl/α,β-unsaturated/α-hetero) is 1. The molecule has 0 bridgehead atoms. The molecule has 9 heteroatoms. The maximum Gasteiger partial charge on any atom is 0.318 e. The summed E-state index contributed by atoms with van der Waals surface area (Å²) in [6.45, 7) is 8.74. The van der Waals surface area contributed by atoms with Crippen LogP contribution in [0.2, 0.25) is 0 Å². The lowest BCUT2D eigenvalue weighted by molar-refractivity contribution is -0.128. The van der Waals surface area contributed by atoms with E-state index in [9.17, 15) is 14.4 Å². The Labute approximate surface area is 213 Å². The molecule has 3 amide bonds. The van der Waals surface area contributed by atoms with Gasteiger partial charge in [-0.05, 0) is 49.8 Å². The van der Waals surface area contributed by atoms with Gasteiger partial charge in [0.05, 0.1) is 19.3 Å². The Morgan fingerprint density at radius 1 is 1.08 bits per heavy atom. The van der Waals surface area contributed by atoms with Crippen LogP contribution in [0.15, 0.2) is 30.3 Å². The second-order valence-corrected chi connectivity index (χ2v) is 10.9. The van der Waals surface area contributed by atoms with Gasteiger partial charge in [0.1, 0.15) is 18.7 Å². The van der Waals surface area contributed by atoms with Crippen LogP contribution in [0.25, 0.3) is 0 Å². The van der Waals surface area contributed by atoms with E-state index >= 15 is 0 Å². The van der Waals surface area contributed by atoms with Gasteiger partial charge in [-0.1, -0.05) is 44.2 Å². The summed E-state index contributed by atoms with van der Waals surface area (Å²) in [7, 11) is 0. The van der Waals surface area contributed by atoms with Gasteiger partial charge in [-0.15, -0.1) is 0 Å². The number of carbonyl (C=O) groups is 3. The molecule has 1 aromatic rings. The zero-order valence-electron chi connectivity index (χ0n) is 21.5. The van der Waals surface area contributed by atoms with Crippen molar-refractivity contribution < 1.29 is 23.9 Å². The first kappa shape index (κ1) is 26.6. The number of hydrogen-bond donors (Lipinski definition) is 2. The van der Waals surface area contributed by atoms with Crippen molar-refractivity contribution in [1.29, 1.82) is 0 Å². The summed E-state index contributed by atoms with van der Waals surface area (Å²) in [5.41, 5.74) is 0.901. The van der Waals surface area contributed by atoms with E-state index in [2.05, 4.69) is 41.5 Å². The highest BCUT2D eigenvalue weighted by Crippen LogP contribution is 2.28. The van der Waals surface area contributed by atoms with Crippen LogP contribution in [-0.2, 0) is 25.5 Å². The quantitative estimate of drug-likeness (QED) is 0.534. The minimum absolute atomic E-state index is 0.00770. The Bertz CT molecular complexity index is 897. The molecule has 3 fully saturated rings. The number of urea groups is 1. The molecule has 9 nitrogen and oxygen atoms in total. The molecule has 0 aromatic heterocycles. The van der Waals surface area contributed by atoms with E-state index in [1.54, 1.807) is 4.90 Å². The van der Waals surface area contributed by atoms with Crippen molar-refractivity contribution in [2.75, 3.05) is 52.5 Å². The topological polar surface area (TPSA) is 100 Å². The molecule has 3 saturated heterocycles. The van der Waals surface area contributed by atoms with Crippen molar-refractivity contribution in [2.24, 2.45) is 5.41 Å². The first-order valence-electron chi connectivity index (χ1n) is 13.1. The van der Waals surface area contributed by atoms with Crippen LogP contribution >= 0.6 is 0 Å². The summed E-state index contributed by atoms with van der Waals surface area (Å²) < 4.78 is 11.1. The number of morpholine rings is 1. The van der Waals surface area contributed by atoms with Crippen LogP contribution in [0.1, 0.15) is 38.7 Å². The van der Waals surface area contributed by atoms with Crippen LogP contribution in [0.3, 0.4) is 0 Å². The number of rotatable bonds is 9. The number of hydrogen-bond acceptors (Lipinski definition) is 6. The summed E-state index contributed by atoms with van der Waals surface area (Å²) in [5, 5.41) is 5.91. The molecule has 0 spiro atoms. The lowest BCUT2D eigenvalue weighted by atomic mass is 9.80. The molecular weight excluding hydrogens is 460 g/mol. The van der Waals surface area contributed by atoms with Gasteiger partial charge in [-0.3, -0.25) is 9.59 Å². The van der Waals surface area contributed by atoms with Crippen molar-refractivity contribution in [3.8, 4) is 0 Å². The van der Waals surface area contributed by atoms with Gasteiger partial charge in [0.15, 0.2) is 5.78 Å². The van der Waals surface area contributed by atoms with E-state index in [1.165, 1.54) is 5.56 Å². The lowest BCUT2D eigenvalue weighted by Crippen LogP contribution is -2.58. The monoisotopic (exact) mass is 500 g/mol. The van der Waals surface area contributed by atoms with Crippen LogP contribution in [0.4, 0.5) is 4.79 Å². The SMILES string of the molecule is CC(C)(Cc1ccccc1)C[C@H](NC(=O)N1CCOCC1)C(=O)NC1C(=O)COC1CN1CCCC1. The lowest BCUT2D eigenvalue weighted by Gasteiger charge is -2.33. The predicted molar refractivity (Wildman–Crippen MR) is 136 cm³/mol. The normalized spacial score (nSPS) is 24.1. The molecule has 2 unspecified atom stereocenters. The molecule has 3 heterocycles. The van der Waals surface area contributed by atoms with Crippen molar-refractivity contribution in [3.05, 3.63) is 35.9 Å². The number of carbonyl (C=O) groups excluding carboxylic acids is 3. The molecule has 0 radical (unpaired) electrons. The van der Waals surface area contributed by atoms with Gasteiger partial charge in [-0.25, -0.2) is 4.79 Å². The zero-order valence-corrected chi connectivity index (χ0v) is 21.5. The van der Waals surface area contributed by atoms with Crippen molar-refractivity contribution in [2.45, 2.75) is 57.7 Å². The predicted octanol–water partition coefficient (Wildman–Crippen LogP) is 1.60. The van der Waals surface area contributed by atoms with Crippen LogP contribution in [-0.4, -0.2) is 98.3 Å². The van der Waals surface area contributed by atoms with Crippen molar-refractivity contribution in [3.63, 3.8) is 0 Å². The largest absolute Gasteiger partial charge is 0.378 e. The molecule has 1 aromatic carbocycles. The number of ether oxygens (including phenoxy) is 2. The summed E-state index contributed by atoms with van der Waals surface area (Å²) in [6.07, 6.45) is 3.11. The maximum atomic E-state index is 13.6. The number of ketones is 1. The van der Waals surface area contributed by atoms with Gasteiger partial charge in [0.25, 0.3) is 0 Å². The van der Waals surface area contributed by atoms with Crippen LogP contribution < -0.4 is 10.6 Å². The van der Waals surface area contributed by atoms with Crippen LogP contribution in [0.5, 0.6) is 0 Å². The highest BCUT2D eigenvalue weighted by molar-refractivity contribution is 5.94. The number of likely N-dealkylation sites (tertiary alicyclic amines) is 1. The molecule has 3 atom stereocenters. The Morgan fingerprint density at radius 2 is 1.78 bits per heavy atom. The molecule has 0 saturated carbocycles. The molecule has 198 valence electrons. The number of nitrogens with zero attached hydrogens (tertiary/aromatic N) is 2. The Hall–Kier alpha value is -2.49. The standard InChI is InChI=1S/C27H40N4O5/c1-27(2,16-20-8-4-3-5-9-20)17-21(28-26(34)31-12-14-35-15-13-31)25(33)29-24-22(32)19-36-23(24)18-30-10-6-7-11-30/h3-5,8-9,21,23-24H,6-7,10-19H2,1-2H3,(H,28,34)(H,29,33)/t21-,23?,24?/m0/s1.